The molecule has 0 aromatic carbocycles. The Morgan fingerprint density at radius 1 is 1.47 bits per heavy atom. The highest BCUT2D eigenvalue weighted by atomic mass is 79.9. The van der Waals surface area contributed by atoms with Gasteiger partial charge in [-0.3, -0.25) is 0 Å². The minimum atomic E-state index is -5.13. The van der Waals surface area contributed by atoms with Crippen molar-refractivity contribution in [3.63, 3.8) is 0 Å². The van der Waals surface area contributed by atoms with Crippen LogP contribution in [0.4, 0.5) is 22.0 Å². The van der Waals surface area contributed by atoms with E-state index >= 15 is 0 Å². The van der Waals surface area contributed by atoms with E-state index in [9.17, 15) is 26.7 Å². The van der Waals surface area contributed by atoms with Gasteiger partial charge < -0.3 is 9.84 Å². The van der Waals surface area contributed by atoms with Gasteiger partial charge in [-0.15, -0.1) is 13.2 Å². The molecule has 1 rings (SSSR count). The minimum absolute atomic E-state index is 0.398. The van der Waals surface area contributed by atoms with Crippen LogP contribution in [0.1, 0.15) is 28.2 Å². The lowest BCUT2D eigenvalue weighted by Gasteiger charge is -2.15. The van der Waals surface area contributed by atoms with Crippen LogP contribution >= 0.6 is 15.9 Å². The van der Waals surface area contributed by atoms with Gasteiger partial charge in [-0.2, -0.15) is 0 Å². The van der Waals surface area contributed by atoms with Gasteiger partial charge in [0, 0.05) is 17.0 Å². The largest absolute Gasteiger partial charge is 0.573 e. The number of carboxylic acids is 1. The number of carboxylic acid groups (broad SMARTS) is 1. The molecule has 1 N–H and O–H groups in total. The number of pyridine rings is 1. The van der Waals surface area contributed by atoms with E-state index in [-0.39, 0.29) is 0 Å². The van der Waals surface area contributed by atoms with Crippen LogP contribution in [0.5, 0.6) is 5.75 Å². The molecular weight excluding hydrogens is 345 g/mol. The first-order valence-electron chi connectivity index (χ1n) is 4.52. The number of alkyl halides is 6. The molecule has 0 aliphatic rings. The number of hydrogen-bond donors (Lipinski definition) is 1. The van der Waals surface area contributed by atoms with Gasteiger partial charge in [-0.25, -0.2) is 18.6 Å². The summed E-state index contributed by atoms with van der Waals surface area (Å²) < 4.78 is 65.2. The van der Waals surface area contributed by atoms with E-state index in [1.807, 2.05) is 0 Å². The first-order chi connectivity index (χ1) is 8.65. The molecule has 4 nitrogen and oxygen atoms in total. The lowest BCUT2D eigenvalue weighted by Crippen LogP contribution is -2.19. The Kier molecular flexibility index (Phi) is 4.66. The van der Waals surface area contributed by atoms with Crippen molar-refractivity contribution in [2.24, 2.45) is 0 Å². The van der Waals surface area contributed by atoms with Gasteiger partial charge >= 0.3 is 12.3 Å². The molecule has 19 heavy (non-hydrogen) atoms. The van der Waals surface area contributed by atoms with Crippen molar-refractivity contribution in [1.29, 1.82) is 0 Å². The quantitative estimate of drug-likeness (QED) is 0.667. The highest BCUT2D eigenvalue weighted by molar-refractivity contribution is 9.08. The summed E-state index contributed by atoms with van der Waals surface area (Å²) in [5.41, 5.74) is -2.59. The number of carbonyl (C=O) groups is 1. The average molecular weight is 350 g/mol. The highest BCUT2D eigenvalue weighted by Gasteiger charge is 2.34. The average Bonchev–Trinajstić information content (AvgIpc) is 2.25. The third-order valence-corrected chi connectivity index (χ3v) is 2.46. The maximum absolute atomic E-state index is 12.7. The molecular formula is C9H5BrF5NO3. The maximum Gasteiger partial charge on any atom is 0.573 e. The van der Waals surface area contributed by atoms with Crippen LogP contribution < -0.4 is 4.74 Å². The Morgan fingerprint density at radius 3 is 2.42 bits per heavy atom. The van der Waals surface area contributed by atoms with Crippen molar-refractivity contribution < 1.29 is 36.6 Å². The molecule has 0 bridgehead atoms. The van der Waals surface area contributed by atoms with E-state index in [4.69, 9.17) is 5.11 Å². The van der Waals surface area contributed by atoms with E-state index in [0.29, 0.717) is 6.07 Å². The summed E-state index contributed by atoms with van der Waals surface area (Å²) in [4.78, 5) is 13.7. The minimum Gasteiger partial charge on any atom is -0.477 e. The first-order valence-corrected chi connectivity index (χ1v) is 5.64. The van der Waals surface area contributed by atoms with Gasteiger partial charge in [0.05, 0.1) is 0 Å². The van der Waals surface area contributed by atoms with Crippen LogP contribution in [0.2, 0.25) is 0 Å². The summed E-state index contributed by atoms with van der Waals surface area (Å²) in [5.74, 6) is -2.76. The molecule has 0 fully saturated rings. The lowest BCUT2D eigenvalue weighted by atomic mass is 10.1. The van der Waals surface area contributed by atoms with Crippen molar-refractivity contribution in [2.45, 2.75) is 18.1 Å². The molecule has 106 valence electrons. The summed E-state index contributed by atoms with van der Waals surface area (Å²) in [5, 5.41) is 8.22. The van der Waals surface area contributed by atoms with Crippen LogP contribution in [0.25, 0.3) is 0 Å². The summed E-state index contributed by atoms with van der Waals surface area (Å²) in [6.45, 7) is 0. The molecule has 1 aromatic heterocycles. The zero-order chi connectivity index (χ0) is 14.8. The fourth-order valence-electron chi connectivity index (χ4n) is 1.21. The Labute approximate surface area is 111 Å². The second-order valence-electron chi connectivity index (χ2n) is 3.16. The molecule has 0 spiro atoms. The Hall–Kier alpha value is -1.45. The number of halogens is 6. The van der Waals surface area contributed by atoms with Gasteiger partial charge in [0.15, 0.2) is 5.69 Å². The highest BCUT2D eigenvalue weighted by Crippen LogP contribution is 2.34. The molecule has 10 heteroatoms. The molecule has 0 aliphatic carbocycles. The second kappa shape index (κ2) is 5.68. The van der Waals surface area contributed by atoms with Crippen molar-refractivity contribution in [1.82, 2.24) is 4.98 Å². The van der Waals surface area contributed by atoms with E-state index in [1.165, 1.54) is 0 Å². The van der Waals surface area contributed by atoms with Crippen molar-refractivity contribution in [2.75, 3.05) is 0 Å². The van der Waals surface area contributed by atoms with Gasteiger partial charge in [0.1, 0.15) is 11.4 Å². The summed E-state index contributed by atoms with van der Waals surface area (Å²) in [6.07, 6.45) is -8.37. The fraction of sp³-hybridized carbons (Fsp3) is 0.333. The second-order valence-corrected chi connectivity index (χ2v) is 3.72. The monoisotopic (exact) mass is 349 g/mol. The molecule has 0 radical (unpaired) electrons. The SMILES string of the molecule is O=C(O)c1cc(OC(F)(F)F)c(CBr)c(C(F)F)n1. The molecule has 1 aromatic rings. The van der Waals surface area contributed by atoms with E-state index in [0.717, 1.165) is 0 Å². The van der Waals surface area contributed by atoms with Gasteiger partial charge in [-0.1, -0.05) is 15.9 Å². The third kappa shape index (κ3) is 4.01. The Balaban J connectivity index is 3.44. The number of aromatic nitrogens is 1. The Morgan fingerprint density at radius 2 is 2.05 bits per heavy atom. The summed E-state index contributed by atoms with van der Waals surface area (Å²) in [7, 11) is 0. The predicted molar refractivity (Wildman–Crippen MR) is 55.5 cm³/mol. The summed E-state index contributed by atoms with van der Waals surface area (Å²) >= 11 is 2.73. The number of nitrogens with zero attached hydrogens (tertiary/aromatic N) is 1. The molecule has 0 atom stereocenters. The van der Waals surface area contributed by atoms with Crippen LogP contribution in [-0.2, 0) is 5.33 Å². The van der Waals surface area contributed by atoms with Crippen LogP contribution in [0.15, 0.2) is 6.07 Å². The van der Waals surface area contributed by atoms with Crippen LogP contribution in [0, 0.1) is 0 Å². The summed E-state index contributed by atoms with van der Waals surface area (Å²) in [6, 6.07) is 0.443. The molecule has 0 unspecified atom stereocenters. The maximum atomic E-state index is 12.7. The van der Waals surface area contributed by atoms with Crippen molar-refractivity contribution in [3.05, 3.63) is 23.0 Å². The first kappa shape index (κ1) is 15.6. The van der Waals surface area contributed by atoms with E-state index in [1.54, 1.807) is 0 Å². The van der Waals surface area contributed by atoms with Crippen LogP contribution in [0.3, 0.4) is 0 Å². The molecule has 0 saturated heterocycles. The molecule has 0 aliphatic heterocycles. The standard InChI is InChI=1S/C9H5BrF5NO3/c10-2-3-5(19-9(13,14)15)1-4(8(17)18)16-6(3)7(11)12/h1,7H,2H2,(H,17,18). The zero-order valence-electron chi connectivity index (χ0n) is 8.84. The topological polar surface area (TPSA) is 59.4 Å². The lowest BCUT2D eigenvalue weighted by molar-refractivity contribution is -0.274. The molecule has 0 amide bonds. The number of ether oxygens (including phenoxy) is 1. The molecule has 0 saturated carbocycles. The van der Waals surface area contributed by atoms with Crippen molar-refractivity contribution >= 4 is 21.9 Å². The van der Waals surface area contributed by atoms with Gasteiger partial charge in [-0.05, 0) is 0 Å². The van der Waals surface area contributed by atoms with Crippen molar-refractivity contribution in [3.8, 4) is 5.75 Å². The number of hydrogen-bond acceptors (Lipinski definition) is 3. The zero-order valence-corrected chi connectivity index (χ0v) is 10.4. The molecule has 1 heterocycles. The number of aromatic carboxylic acids is 1. The fourth-order valence-corrected chi connectivity index (χ4v) is 1.77. The van der Waals surface area contributed by atoms with E-state index in [2.05, 4.69) is 25.7 Å². The Bertz CT molecular complexity index is 491. The van der Waals surface area contributed by atoms with Crippen LogP contribution in [-0.4, -0.2) is 22.4 Å². The normalized spacial score (nSPS) is 11.7. The third-order valence-electron chi connectivity index (χ3n) is 1.90. The van der Waals surface area contributed by atoms with Gasteiger partial charge in [0.25, 0.3) is 6.43 Å². The smallest absolute Gasteiger partial charge is 0.477 e. The number of rotatable bonds is 4. The van der Waals surface area contributed by atoms with Gasteiger partial charge in [0.2, 0.25) is 0 Å². The predicted octanol–water partition coefficient (Wildman–Crippen LogP) is 3.51. The van der Waals surface area contributed by atoms with E-state index < -0.39 is 46.8 Å².